The number of aliphatic hydroxyl groups is 1. The number of hydrogen-bond donors (Lipinski definition) is 2. The van der Waals surface area contributed by atoms with E-state index in [0.29, 0.717) is 12.1 Å². The van der Waals surface area contributed by atoms with Gasteiger partial charge in [0.15, 0.2) is 0 Å². The van der Waals surface area contributed by atoms with Gasteiger partial charge in [0.1, 0.15) is 0 Å². The maximum Gasteiger partial charge on any atom is 0.310 e. The van der Waals surface area contributed by atoms with Crippen molar-refractivity contribution < 1.29 is 14.6 Å². The maximum atomic E-state index is 11.4. The Balaban J connectivity index is 2.34. The molecule has 16 heavy (non-hydrogen) atoms. The van der Waals surface area contributed by atoms with E-state index in [1.165, 1.54) is 0 Å². The molecule has 0 saturated heterocycles. The smallest absolute Gasteiger partial charge is 0.310 e. The van der Waals surface area contributed by atoms with Gasteiger partial charge in [-0.15, -0.1) is 0 Å². The Morgan fingerprint density at radius 1 is 1.56 bits per heavy atom. The SMILES string of the molecule is CC(O)CCOC(=O)Cc1cccc(N)c1. The molecule has 0 aliphatic heterocycles. The van der Waals surface area contributed by atoms with Gasteiger partial charge in [-0.3, -0.25) is 4.79 Å². The number of rotatable bonds is 5. The largest absolute Gasteiger partial charge is 0.465 e. The summed E-state index contributed by atoms with van der Waals surface area (Å²) in [4.78, 5) is 11.4. The number of ether oxygens (including phenoxy) is 1. The second-order valence-electron chi connectivity index (χ2n) is 3.78. The van der Waals surface area contributed by atoms with Crippen LogP contribution in [0.15, 0.2) is 24.3 Å². The van der Waals surface area contributed by atoms with Crippen molar-refractivity contribution in [3.05, 3.63) is 29.8 Å². The lowest BCUT2D eigenvalue weighted by Gasteiger charge is -2.06. The van der Waals surface area contributed by atoms with Crippen LogP contribution in [0.25, 0.3) is 0 Å². The first kappa shape index (κ1) is 12.5. The number of carbonyl (C=O) groups excluding carboxylic acids is 1. The molecule has 0 aliphatic carbocycles. The van der Waals surface area contributed by atoms with Crippen LogP contribution in [0.4, 0.5) is 5.69 Å². The van der Waals surface area contributed by atoms with Crippen LogP contribution in [0.2, 0.25) is 0 Å². The minimum atomic E-state index is -0.444. The summed E-state index contributed by atoms with van der Waals surface area (Å²) in [6.07, 6.45) is 0.230. The zero-order chi connectivity index (χ0) is 12.0. The normalized spacial score (nSPS) is 12.1. The van der Waals surface area contributed by atoms with Gasteiger partial charge in [0.25, 0.3) is 0 Å². The molecule has 1 unspecified atom stereocenters. The third-order valence-electron chi connectivity index (χ3n) is 2.10. The van der Waals surface area contributed by atoms with Gasteiger partial charge < -0.3 is 15.6 Å². The molecule has 0 saturated carbocycles. The molecule has 0 fully saturated rings. The number of anilines is 1. The van der Waals surface area contributed by atoms with Gasteiger partial charge in [-0.05, 0) is 24.6 Å². The minimum Gasteiger partial charge on any atom is -0.465 e. The monoisotopic (exact) mass is 223 g/mol. The Hall–Kier alpha value is -1.55. The van der Waals surface area contributed by atoms with E-state index in [1.807, 2.05) is 6.07 Å². The van der Waals surface area contributed by atoms with E-state index in [-0.39, 0.29) is 19.0 Å². The maximum absolute atomic E-state index is 11.4. The Morgan fingerprint density at radius 2 is 2.31 bits per heavy atom. The second-order valence-corrected chi connectivity index (χ2v) is 3.78. The van der Waals surface area contributed by atoms with E-state index in [2.05, 4.69) is 0 Å². The zero-order valence-electron chi connectivity index (χ0n) is 9.35. The summed E-state index contributed by atoms with van der Waals surface area (Å²) in [6.45, 7) is 1.91. The standard InChI is InChI=1S/C12H17NO3/c1-9(14)5-6-16-12(15)8-10-3-2-4-11(13)7-10/h2-4,7,9,14H,5-6,8,13H2,1H3. The summed E-state index contributed by atoms with van der Waals surface area (Å²) in [5.41, 5.74) is 7.06. The van der Waals surface area contributed by atoms with Crippen molar-refractivity contribution in [1.29, 1.82) is 0 Å². The van der Waals surface area contributed by atoms with Crippen molar-refractivity contribution in [3.8, 4) is 0 Å². The average Bonchev–Trinajstić information content (AvgIpc) is 2.16. The molecule has 0 amide bonds. The molecule has 3 N–H and O–H groups in total. The van der Waals surface area contributed by atoms with Crippen LogP contribution in [0.5, 0.6) is 0 Å². The molecule has 0 heterocycles. The Kier molecular flexibility index (Phi) is 4.79. The van der Waals surface area contributed by atoms with Gasteiger partial charge >= 0.3 is 5.97 Å². The van der Waals surface area contributed by atoms with Gasteiger partial charge in [0.2, 0.25) is 0 Å². The van der Waals surface area contributed by atoms with Crippen molar-refractivity contribution in [1.82, 2.24) is 0 Å². The van der Waals surface area contributed by atoms with Crippen molar-refractivity contribution in [3.63, 3.8) is 0 Å². The van der Waals surface area contributed by atoms with E-state index in [0.717, 1.165) is 5.56 Å². The second kappa shape index (κ2) is 6.12. The summed E-state index contributed by atoms with van der Waals surface area (Å²) < 4.78 is 4.96. The average molecular weight is 223 g/mol. The Labute approximate surface area is 95.0 Å². The molecule has 1 aromatic rings. The molecule has 4 nitrogen and oxygen atoms in total. The molecule has 0 radical (unpaired) electrons. The molecule has 1 atom stereocenters. The number of hydrogen-bond acceptors (Lipinski definition) is 4. The fraction of sp³-hybridized carbons (Fsp3) is 0.417. The lowest BCUT2D eigenvalue weighted by atomic mass is 10.1. The molecule has 0 spiro atoms. The number of carbonyl (C=O) groups is 1. The highest BCUT2D eigenvalue weighted by Crippen LogP contribution is 2.07. The molecular weight excluding hydrogens is 206 g/mol. The molecule has 88 valence electrons. The van der Waals surface area contributed by atoms with Gasteiger partial charge in [-0.2, -0.15) is 0 Å². The fourth-order valence-corrected chi connectivity index (χ4v) is 1.26. The predicted octanol–water partition coefficient (Wildman–Crippen LogP) is 1.13. The molecule has 0 aliphatic rings. The quantitative estimate of drug-likeness (QED) is 0.579. The van der Waals surface area contributed by atoms with Crippen molar-refractivity contribution in [2.75, 3.05) is 12.3 Å². The van der Waals surface area contributed by atoms with Crippen LogP contribution in [-0.2, 0) is 16.0 Å². The number of benzene rings is 1. The number of esters is 1. The van der Waals surface area contributed by atoms with E-state index < -0.39 is 6.10 Å². The predicted molar refractivity (Wildman–Crippen MR) is 61.8 cm³/mol. The molecular formula is C12H17NO3. The van der Waals surface area contributed by atoms with Gasteiger partial charge in [-0.1, -0.05) is 12.1 Å². The number of nitrogens with two attached hydrogens (primary N) is 1. The van der Waals surface area contributed by atoms with Gasteiger partial charge in [0, 0.05) is 12.1 Å². The molecule has 1 aromatic carbocycles. The first-order valence-electron chi connectivity index (χ1n) is 5.26. The van der Waals surface area contributed by atoms with Gasteiger partial charge in [0.05, 0.1) is 19.1 Å². The highest BCUT2D eigenvalue weighted by atomic mass is 16.5. The zero-order valence-corrected chi connectivity index (χ0v) is 9.35. The van der Waals surface area contributed by atoms with Crippen molar-refractivity contribution >= 4 is 11.7 Å². The lowest BCUT2D eigenvalue weighted by molar-refractivity contribution is -0.143. The first-order valence-corrected chi connectivity index (χ1v) is 5.26. The van der Waals surface area contributed by atoms with Crippen LogP contribution >= 0.6 is 0 Å². The third kappa shape index (κ3) is 4.79. The summed E-state index contributed by atoms with van der Waals surface area (Å²) >= 11 is 0. The van der Waals surface area contributed by atoms with Gasteiger partial charge in [-0.25, -0.2) is 0 Å². The minimum absolute atomic E-state index is 0.213. The summed E-state index contributed by atoms with van der Waals surface area (Å²) in [6, 6.07) is 7.14. The van der Waals surface area contributed by atoms with E-state index in [9.17, 15) is 4.79 Å². The molecule has 1 rings (SSSR count). The fourth-order valence-electron chi connectivity index (χ4n) is 1.26. The third-order valence-corrected chi connectivity index (χ3v) is 2.10. The summed E-state index contributed by atoms with van der Waals surface area (Å²) in [7, 11) is 0. The topological polar surface area (TPSA) is 72.5 Å². The van der Waals surface area contributed by atoms with Crippen LogP contribution in [0.3, 0.4) is 0 Å². The molecule has 0 aromatic heterocycles. The lowest BCUT2D eigenvalue weighted by Crippen LogP contribution is -2.12. The van der Waals surface area contributed by atoms with Crippen LogP contribution in [0.1, 0.15) is 18.9 Å². The van der Waals surface area contributed by atoms with Crippen LogP contribution < -0.4 is 5.73 Å². The number of aliphatic hydroxyl groups excluding tert-OH is 1. The Bertz CT molecular complexity index is 350. The highest BCUT2D eigenvalue weighted by Gasteiger charge is 2.05. The summed E-state index contributed by atoms with van der Waals surface area (Å²) in [5, 5.41) is 8.98. The molecule has 0 bridgehead atoms. The van der Waals surface area contributed by atoms with Crippen molar-refractivity contribution in [2.45, 2.75) is 25.9 Å². The van der Waals surface area contributed by atoms with E-state index in [4.69, 9.17) is 15.6 Å². The van der Waals surface area contributed by atoms with E-state index >= 15 is 0 Å². The van der Waals surface area contributed by atoms with Crippen molar-refractivity contribution in [2.24, 2.45) is 0 Å². The van der Waals surface area contributed by atoms with Crippen LogP contribution in [-0.4, -0.2) is 23.8 Å². The highest BCUT2D eigenvalue weighted by molar-refractivity contribution is 5.72. The number of nitrogen functional groups attached to an aromatic ring is 1. The van der Waals surface area contributed by atoms with E-state index in [1.54, 1.807) is 25.1 Å². The van der Waals surface area contributed by atoms with Crippen LogP contribution in [0, 0.1) is 0 Å². The molecule has 4 heteroatoms. The Morgan fingerprint density at radius 3 is 2.94 bits per heavy atom. The first-order chi connectivity index (χ1) is 7.58. The summed E-state index contributed by atoms with van der Waals surface area (Å²) in [5.74, 6) is -0.300.